The van der Waals surface area contributed by atoms with Gasteiger partial charge in [-0.15, -0.1) is 11.3 Å². The van der Waals surface area contributed by atoms with Gasteiger partial charge in [0.2, 0.25) is 5.91 Å². The van der Waals surface area contributed by atoms with Gasteiger partial charge in [0.1, 0.15) is 5.69 Å². The van der Waals surface area contributed by atoms with Gasteiger partial charge in [-0.3, -0.25) is 4.79 Å². The maximum Gasteiger partial charge on any atom is 0.433 e. The fourth-order valence-electron chi connectivity index (χ4n) is 3.17. The predicted molar refractivity (Wildman–Crippen MR) is 124 cm³/mol. The Hall–Kier alpha value is -3.17. The van der Waals surface area contributed by atoms with Gasteiger partial charge in [0, 0.05) is 0 Å². The molecule has 0 atom stereocenters. The molecule has 0 aliphatic heterocycles. The van der Waals surface area contributed by atoms with Crippen LogP contribution in [-0.2, 0) is 11.0 Å². The van der Waals surface area contributed by atoms with Crippen LogP contribution in [0, 0.1) is 0 Å². The van der Waals surface area contributed by atoms with Crippen LogP contribution in [0.4, 0.5) is 13.2 Å². The minimum Gasteiger partial charge on any atom is -0.344 e. The molecule has 2 heterocycles. The van der Waals surface area contributed by atoms with Crippen molar-refractivity contribution in [2.24, 2.45) is 0 Å². The van der Waals surface area contributed by atoms with Gasteiger partial charge in [0.05, 0.1) is 22.4 Å². The van der Waals surface area contributed by atoms with Crippen molar-refractivity contribution >= 4 is 29.0 Å². The van der Waals surface area contributed by atoms with Crippen LogP contribution in [0.1, 0.15) is 22.9 Å². The summed E-state index contributed by atoms with van der Waals surface area (Å²) in [6, 6.07) is 22.9. The van der Waals surface area contributed by atoms with Crippen molar-refractivity contribution in [1.82, 2.24) is 15.3 Å². The van der Waals surface area contributed by atoms with E-state index < -0.39 is 11.9 Å². The molecule has 4 rings (SSSR count). The molecule has 2 aromatic carbocycles. The maximum absolute atomic E-state index is 13.4. The minimum atomic E-state index is -4.61. The molecule has 0 aliphatic carbocycles. The van der Waals surface area contributed by atoms with E-state index >= 15 is 0 Å². The fourth-order valence-corrected chi connectivity index (χ4v) is 4.52. The van der Waals surface area contributed by atoms with Crippen molar-refractivity contribution in [2.75, 3.05) is 5.75 Å². The molecule has 0 radical (unpaired) electrons. The van der Waals surface area contributed by atoms with E-state index in [0.717, 1.165) is 29.0 Å². The monoisotopic (exact) mass is 485 g/mol. The van der Waals surface area contributed by atoms with Crippen molar-refractivity contribution in [1.29, 1.82) is 0 Å². The lowest BCUT2D eigenvalue weighted by atomic mass is 9.99. The predicted octanol–water partition coefficient (Wildman–Crippen LogP) is 6.22. The summed E-state index contributed by atoms with van der Waals surface area (Å²) in [6.07, 6.45) is -4.61. The van der Waals surface area contributed by atoms with Gasteiger partial charge in [-0.05, 0) is 28.6 Å². The van der Waals surface area contributed by atoms with E-state index in [-0.39, 0.29) is 28.6 Å². The highest BCUT2D eigenvalue weighted by molar-refractivity contribution is 7.99. The van der Waals surface area contributed by atoms with E-state index in [1.54, 1.807) is 17.5 Å². The Morgan fingerprint density at radius 3 is 2.12 bits per heavy atom. The van der Waals surface area contributed by atoms with Gasteiger partial charge < -0.3 is 5.32 Å². The van der Waals surface area contributed by atoms with E-state index in [9.17, 15) is 18.0 Å². The standard InChI is InChI=1S/C24H18F3N3OS2/c25-24(26,27)20-14-18(19-12-7-13-32-19)28-23(29-20)33-15-21(31)30-22(16-8-3-1-4-9-16)17-10-5-2-6-11-17/h1-14,22H,15H2,(H,30,31). The number of thioether (sulfide) groups is 1. The zero-order valence-electron chi connectivity index (χ0n) is 17.1. The number of carbonyl (C=O) groups excluding carboxylic acids is 1. The van der Waals surface area contributed by atoms with Gasteiger partial charge >= 0.3 is 6.18 Å². The van der Waals surface area contributed by atoms with Crippen molar-refractivity contribution in [2.45, 2.75) is 17.4 Å². The average molecular weight is 486 g/mol. The van der Waals surface area contributed by atoms with Gasteiger partial charge in [-0.1, -0.05) is 78.5 Å². The number of hydrogen-bond donors (Lipinski definition) is 1. The van der Waals surface area contributed by atoms with Crippen molar-refractivity contribution in [3.63, 3.8) is 0 Å². The zero-order valence-corrected chi connectivity index (χ0v) is 18.8. The van der Waals surface area contributed by atoms with Crippen molar-refractivity contribution in [3.05, 3.63) is 101 Å². The Labute approximate surface area is 196 Å². The average Bonchev–Trinajstić information content (AvgIpc) is 3.37. The number of nitrogens with zero attached hydrogens (tertiary/aromatic N) is 2. The Kier molecular flexibility index (Phi) is 7.10. The molecule has 0 saturated heterocycles. The number of benzene rings is 2. The summed E-state index contributed by atoms with van der Waals surface area (Å²) in [4.78, 5) is 21.2. The van der Waals surface area contributed by atoms with Gasteiger partial charge in [0.15, 0.2) is 5.16 Å². The largest absolute Gasteiger partial charge is 0.433 e. The third-order valence-electron chi connectivity index (χ3n) is 4.67. The lowest BCUT2D eigenvalue weighted by molar-refractivity contribution is -0.141. The molecule has 0 spiro atoms. The molecule has 0 fully saturated rings. The molecular weight excluding hydrogens is 467 g/mol. The van der Waals surface area contributed by atoms with E-state index in [4.69, 9.17) is 0 Å². The first-order valence-corrected chi connectivity index (χ1v) is 11.8. The summed E-state index contributed by atoms with van der Waals surface area (Å²) >= 11 is 2.16. The highest BCUT2D eigenvalue weighted by atomic mass is 32.2. The molecule has 4 nitrogen and oxygen atoms in total. The Morgan fingerprint density at radius 1 is 0.939 bits per heavy atom. The third kappa shape index (κ3) is 6.00. The second kappa shape index (κ2) is 10.2. The number of hydrogen-bond acceptors (Lipinski definition) is 5. The molecule has 33 heavy (non-hydrogen) atoms. The summed E-state index contributed by atoms with van der Waals surface area (Å²) in [5.74, 6) is -0.460. The van der Waals surface area contributed by atoms with Crippen LogP contribution in [0.25, 0.3) is 10.6 Å². The quantitative estimate of drug-likeness (QED) is 0.249. The van der Waals surface area contributed by atoms with Gasteiger partial charge in [-0.25, -0.2) is 9.97 Å². The lowest BCUT2D eigenvalue weighted by Gasteiger charge is -2.20. The molecule has 0 aliphatic rings. The molecule has 0 bridgehead atoms. The summed E-state index contributed by atoms with van der Waals surface area (Å²) in [5.41, 5.74) is 0.951. The number of aromatic nitrogens is 2. The topological polar surface area (TPSA) is 54.9 Å². The summed E-state index contributed by atoms with van der Waals surface area (Å²) in [5, 5.41) is 4.64. The van der Waals surface area contributed by atoms with E-state index in [1.165, 1.54) is 11.3 Å². The summed E-state index contributed by atoms with van der Waals surface area (Å²) < 4.78 is 40.1. The molecular formula is C24H18F3N3OS2. The first-order valence-electron chi connectivity index (χ1n) is 9.92. The smallest absolute Gasteiger partial charge is 0.344 e. The number of rotatable bonds is 7. The first-order chi connectivity index (χ1) is 15.9. The molecule has 1 N–H and O–H groups in total. The number of alkyl halides is 3. The third-order valence-corrected chi connectivity index (χ3v) is 6.41. The van der Waals surface area contributed by atoms with Crippen LogP contribution in [0.3, 0.4) is 0 Å². The van der Waals surface area contributed by atoms with Crippen LogP contribution < -0.4 is 5.32 Å². The van der Waals surface area contributed by atoms with Crippen LogP contribution >= 0.6 is 23.1 Å². The highest BCUT2D eigenvalue weighted by Crippen LogP contribution is 2.33. The van der Waals surface area contributed by atoms with E-state index in [2.05, 4.69) is 15.3 Å². The van der Waals surface area contributed by atoms with Crippen LogP contribution in [-0.4, -0.2) is 21.6 Å². The Balaban J connectivity index is 1.52. The molecule has 168 valence electrons. The highest BCUT2D eigenvalue weighted by Gasteiger charge is 2.34. The van der Waals surface area contributed by atoms with Crippen LogP contribution in [0.5, 0.6) is 0 Å². The SMILES string of the molecule is O=C(CSc1nc(-c2cccs2)cc(C(F)(F)F)n1)NC(c1ccccc1)c1ccccc1. The second-order valence-corrected chi connectivity index (χ2v) is 8.90. The Morgan fingerprint density at radius 2 is 1.58 bits per heavy atom. The molecule has 4 aromatic rings. The molecule has 0 saturated carbocycles. The lowest BCUT2D eigenvalue weighted by Crippen LogP contribution is -2.30. The normalized spacial score (nSPS) is 11.5. The molecule has 9 heteroatoms. The maximum atomic E-state index is 13.4. The first kappa shape index (κ1) is 23.0. The second-order valence-electron chi connectivity index (χ2n) is 7.01. The molecule has 0 unspecified atom stereocenters. The summed E-state index contributed by atoms with van der Waals surface area (Å²) in [7, 11) is 0. The summed E-state index contributed by atoms with van der Waals surface area (Å²) in [6.45, 7) is 0. The van der Waals surface area contributed by atoms with Crippen LogP contribution in [0.15, 0.2) is 89.4 Å². The minimum absolute atomic E-state index is 0.0978. The zero-order chi connectivity index (χ0) is 23.3. The molecule has 1 amide bonds. The van der Waals surface area contributed by atoms with Crippen molar-refractivity contribution in [3.8, 4) is 10.6 Å². The van der Waals surface area contributed by atoms with Gasteiger partial charge in [0.25, 0.3) is 0 Å². The molecule has 2 aromatic heterocycles. The Bertz CT molecular complexity index is 1160. The number of amides is 1. The number of nitrogens with one attached hydrogen (secondary N) is 1. The van der Waals surface area contributed by atoms with E-state index in [0.29, 0.717) is 4.88 Å². The fraction of sp³-hybridized carbons (Fsp3) is 0.125. The van der Waals surface area contributed by atoms with E-state index in [1.807, 2.05) is 60.7 Å². The number of carbonyl (C=O) groups is 1. The van der Waals surface area contributed by atoms with Crippen LogP contribution in [0.2, 0.25) is 0 Å². The number of thiophene rings is 1. The van der Waals surface area contributed by atoms with Gasteiger partial charge in [-0.2, -0.15) is 13.2 Å². The number of halogens is 3. The van der Waals surface area contributed by atoms with Crippen molar-refractivity contribution < 1.29 is 18.0 Å².